The molecule has 0 aromatic heterocycles. The minimum absolute atomic E-state index is 0.0866. The van der Waals surface area contributed by atoms with Crippen LogP contribution in [-0.4, -0.2) is 18.2 Å². The van der Waals surface area contributed by atoms with E-state index in [1.165, 1.54) is 0 Å². The van der Waals surface area contributed by atoms with Crippen LogP contribution in [0.15, 0.2) is 27.6 Å². The summed E-state index contributed by atoms with van der Waals surface area (Å²) in [6, 6.07) is 5.74. The van der Waals surface area contributed by atoms with Gasteiger partial charge < -0.3 is 11.1 Å². The topological polar surface area (TPSA) is 55.1 Å². The minimum atomic E-state index is 0.0866. The van der Waals surface area contributed by atoms with Crippen molar-refractivity contribution in [1.82, 2.24) is 5.32 Å². The van der Waals surface area contributed by atoms with Gasteiger partial charge in [0.1, 0.15) is 0 Å². The lowest BCUT2D eigenvalue weighted by Gasteiger charge is -2.06. The van der Waals surface area contributed by atoms with Gasteiger partial charge in [0, 0.05) is 33.8 Å². The number of nitrogens with one attached hydrogen (secondary N) is 1. The number of nitrogen functional groups attached to an aromatic ring is 1. The van der Waals surface area contributed by atoms with Crippen molar-refractivity contribution in [2.24, 2.45) is 0 Å². The van der Waals surface area contributed by atoms with Crippen LogP contribution in [0.5, 0.6) is 0 Å². The third-order valence-corrected chi connectivity index (χ3v) is 3.50. The summed E-state index contributed by atoms with van der Waals surface area (Å²) in [6.45, 7) is 2.60. The quantitative estimate of drug-likeness (QED) is 0.649. The van der Waals surface area contributed by atoms with Gasteiger partial charge in [0.25, 0.3) is 0 Å². The Bertz CT molecular complexity index is 371. The Morgan fingerprint density at radius 2 is 2.31 bits per heavy atom. The summed E-state index contributed by atoms with van der Waals surface area (Å²) in [6.07, 6.45) is 0.518. The maximum absolute atomic E-state index is 11.2. The molecule has 1 aromatic rings. The maximum Gasteiger partial charge on any atom is 0.220 e. The Hall–Kier alpha value is -0.680. The predicted octanol–water partition coefficient (Wildman–Crippen LogP) is 2.65. The first-order chi connectivity index (χ1) is 7.63. The number of hydrogen-bond acceptors (Lipinski definition) is 3. The molecule has 1 rings (SSSR count). The predicted molar refractivity (Wildman–Crippen MR) is 72.6 cm³/mol. The van der Waals surface area contributed by atoms with Gasteiger partial charge in [0.05, 0.1) is 0 Å². The highest BCUT2D eigenvalue weighted by Crippen LogP contribution is 2.28. The molecular weight excluding hydrogens is 288 g/mol. The van der Waals surface area contributed by atoms with Crippen molar-refractivity contribution in [2.75, 3.05) is 18.0 Å². The van der Waals surface area contributed by atoms with Crippen molar-refractivity contribution in [2.45, 2.75) is 18.2 Å². The van der Waals surface area contributed by atoms with Crippen LogP contribution in [0.1, 0.15) is 13.3 Å². The van der Waals surface area contributed by atoms with E-state index in [0.717, 1.165) is 20.8 Å². The third kappa shape index (κ3) is 4.45. The molecular formula is C11H15BrN2OS. The van der Waals surface area contributed by atoms with Gasteiger partial charge in [-0.1, -0.05) is 15.9 Å². The normalized spacial score (nSPS) is 10.1. The molecule has 1 aromatic carbocycles. The zero-order valence-corrected chi connectivity index (χ0v) is 11.5. The molecule has 0 bridgehead atoms. The van der Waals surface area contributed by atoms with Crippen LogP contribution in [0.3, 0.4) is 0 Å². The molecule has 3 N–H and O–H groups in total. The first kappa shape index (κ1) is 13.4. The number of nitrogens with two attached hydrogens (primary N) is 1. The summed E-state index contributed by atoms with van der Waals surface area (Å²) < 4.78 is 1.00. The van der Waals surface area contributed by atoms with Crippen LogP contribution in [0.2, 0.25) is 0 Å². The maximum atomic E-state index is 11.2. The molecule has 0 saturated heterocycles. The molecule has 1 amide bonds. The number of thioether (sulfide) groups is 1. The molecule has 5 heteroatoms. The van der Waals surface area contributed by atoms with Crippen molar-refractivity contribution in [3.63, 3.8) is 0 Å². The van der Waals surface area contributed by atoms with Gasteiger partial charge in [-0.15, -0.1) is 11.8 Å². The molecule has 88 valence electrons. The molecule has 0 heterocycles. The fourth-order valence-electron chi connectivity index (χ4n) is 1.17. The average Bonchev–Trinajstić information content (AvgIpc) is 2.23. The lowest BCUT2D eigenvalue weighted by molar-refractivity contribution is -0.120. The molecule has 16 heavy (non-hydrogen) atoms. The van der Waals surface area contributed by atoms with Gasteiger partial charge in [-0.2, -0.15) is 0 Å². The van der Waals surface area contributed by atoms with Crippen LogP contribution in [0.25, 0.3) is 0 Å². The number of hydrogen-bond donors (Lipinski definition) is 2. The molecule has 0 saturated carbocycles. The molecule has 0 spiro atoms. The molecule has 0 aliphatic rings. The van der Waals surface area contributed by atoms with Crippen molar-refractivity contribution in [3.8, 4) is 0 Å². The van der Waals surface area contributed by atoms with Crippen molar-refractivity contribution in [3.05, 3.63) is 22.7 Å². The van der Waals surface area contributed by atoms with Gasteiger partial charge in [-0.05, 0) is 25.1 Å². The molecule has 0 radical (unpaired) electrons. The van der Waals surface area contributed by atoms with Crippen molar-refractivity contribution >= 4 is 39.3 Å². The summed E-state index contributed by atoms with van der Waals surface area (Å²) in [4.78, 5) is 12.2. The van der Waals surface area contributed by atoms with Crippen molar-refractivity contribution in [1.29, 1.82) is 0 Å². The standard InChI is InChI=1S/C11H15BrN2OS/c1-2-14-11(15)5-6-16-10-7-8(12)3-4-9(10)13/h3-4,7H,2,5-6,13H2,1H3,(H,14,15). The molecule has 0 atom stereocenters. The average molecular weight is 303 g/mol. The van der Waals surface area contributed by atoms with Crippen LogP contribution in [-0.2, 0) is 4.79 Å². The van der Waals surface area contributed by atoms with Gasteiger partial charge >= 0.3 is 0 Å². The largest absolute Gasteiger partial charge is 0.398 e. The lowest BCUT2D eigenvalue weighted by Crippen LogP contribution is -2.22. The summed E-state index contributed by atoms with van der Waals surface area (Å²) in [7, 11) is 0. The van der Waals surface area contributed by atoms with Crippen LogP contribution >= 0.6 is 27.7 Å². The second kappa shape index (κ2) is 6.81. The van der Waals surface area contributed by atoms with Gasteiger partial charge in [-0.25, -0.2) is 0 Å². The first-order valence-corrected chi connectivity index (χ1v) is 6.86. The minimum Gasteiger partial charge on any atom is -0.398 e. The Balaban J connectivity index is 2.42. The lowest BCUT2D eigenvalue weighted by atomic mass is 10.3. The van der Waals surface area contributed by atoms with E-state index in [1.54, 1.807) is 11.8 Å². The number of carbonyl (C=O) groups is 1. The second-order valence-electron chi connectivity index (χ2n) is 3.23. The highest BCUT2D eigenvalue weighted by Gasteiger charge is 2.03. The molecule has 0 aliphatic carbocycles. The number of halogens is 1. The van der Waals surface area contributed by atoms with E-state index < -0.39 is 0 Å². The summed E-state index contributed by atoms with van der Waals surface area (Å²) in [5.74, 6) is 0.829. The highest BCUT2D eigenvalue weighted by atomic mass is 79.9. The monoisotopic (exact) mass is 302 g/mol. The van der Waals surface area contributed by atoms with Gasteiger partial charge in [-0.3, -0.25) is 4.79 Å². The highest BCUT2D eigenvalue weighted by molar-refractivity contribution is 9.10. The van der Waals surface area contributed by atoms with E-state index >= 15 is 0 Å². The van der Waals surface area contributed by atoms with Gasteiger partial charge in [0.2, 0.25) is 5.91 Å². The van der Waals surface area contributed by atoms with E-state index in [9.17, 15) is 4.79 Å². The number of anilines is 1. The molecule has 0 fully saturated rings. The van der Waals surface area contributed by atoms with Crippen LogP contribution in [0, 0.1) is 0 Å². The SMILES string of the molecule is CCNC(=O)CCSc1cc(Br)ccc1N. The van der Waals surface area contributed by atoms with E-state index in [1.807, 2.05) is 25.1 Å². The zero-order valence-electron chi connectivity index (χ0n) is 9.13. The van der Waals surface area contributed by atoms with Crippen LogP contribution in [0.4, 0.5) is 5.69 Å². The summed E-state index contributed by atoms with van der Waals surface area (Å²) in [5.41, 5.74) is 6.58. The second-order valence-corrected chi connectivity index (χ2v) is 5.29. The van der Waals surface area contributed by atoms with Crippen molar-refractivity contribution < 1.29 is 4.79 Å². The number of carbonyl (C=O) groups excluding carboxylic acids is 1. The van der Waals surface area contributed by atoms with E-state index in [0.29, 0.717) is 13.0 Å². The fraction of sp³-hybridized carbons (Fsp3) is 0.364. The number of benzene rings is 1. The Morgan fingerprint density at radius 3 is 3.00 bits per heavy atom. The van der Waals surface area contributed by atoms with E-state index in [-0.39, 0.29) is 5.91 Å². The van der Waals surface area contributed by atoms with Crippen LogP contribution < -0.4 is 11.1 Å². The fourth-order valence-corrected chi connectivity index (χ4v) is 2.64. The molecule has 0 aliphatic heterocycles. The number of rotatable bonds is 5. The first-order valence-electron chi connectivity index (χ1n) is 5.08. The molecule has 0 unspecified atom stereocenters. The summed E-state index contributed by atoms with van der Waals surface area (Å²) in [5, 5.41) is 2.77. The third-order valence-electron chi connectivity index (χ3n) is 1.94. The summed E-state index contributed by atoms with van der Waals surface area (Å²) >= 11 is 4.99. The number of amides is 1. The Labute approximate surface area is 108 Å². The zero-order chi connectivity index (χ0) is 12.0. The Kier molecular flexibility index (Phi) is 5.69. The Morgan fingerprint density at radius 1 is 1.56 bits per heavy atom. The molecule has 3 nitrogen and oxygen atoms in total. The van der Waals surface area contributed by atoms with Gasteiger partial charge in [0.15, 0.2) is 0 Å². The van der Waals surface area contributed by atoms with E-state index in [2.05, 4.69) is 21.2 Å². The van der Waals surface area contributed by atoms with E-state index in [4.69, 9.17) is 5.73 Å². The smallest absolute Gasteiger partial charge is 0.220 e.